The molecule has 1 aliphatic rings. The van der Waals surface area contributed by atoms with Crippen molar-refractivity contribution < 1.29 is 4.74 Å². The standard InChI is InChI=1S/C23H41N3O/c1-2-3-4-5-6-7-10-20-27-23-13-9-8-12-22(23)21-26-18-16-25(17-19-26)15-11-14-24/h8-9,12-13H,2-7,10-11,14-21,24H2,1H3. The Morgan fingerprint density at radius 2 is 1.52 bits per heavy atom. The van der Waals surface area contributed by atoms with Gasteiger partial charge in [-0.2, -0.15) is 0 Å². The molecule has 0 aromatic heterocycles. The number of nitrogens with two attached hydrogens (primary N) is 1. The maximum Gasteiger partial charge on any atom is 0.123 e. The highest BCUT2D eigenvalue weighted by molar-refractivity contribution is 5.33. The molecule has 2 N–H and O–H groups in total. The molecule has 0 saturated carbocycles. The van der Waals surface area contributed by atoms with E-state index in [1.165, 1.54) is 50.5 Å². The molecule has 0 amide bonds. The van der Waals surface area contributed by atoms with E-state index in [1.54, 1.807) is 0 Å². The topological polar surface area (TPSA) is 41.7 Å². The molecule has 4 nitrogen and oxygen atoms in total. The number of hydrogen-bond donors (Lipinski definition) is 1. The SMILES string of the molecule is CCCCCCCCCOc1ccccc1CN1CCN(CCCN)CC1. The lowest BCUT2D eigenvalue weighted by Gasteiger charge is -2.34. The minimum Gasteiger partial charge on any atom is -0.493 e. The fourth-order valence-electron chi connectivity index (χ4n) is 3.74. The van der Waals surface area contributed by atoms with Crippen LogP contribution in [0.2, 0.25) is 0 Å². The first-order valence-electron chi connectivity index (χ1n) is 11.2. The van der Waals surface area contributed by atoms with Crippen LogP contribution in [0, 0.1) is 0 Å². The average Bonchev–Trinajstić information content (AvgIpc) is 2.70. The molecule has 1 saturated heterocycles. The van der Waals surface area contributed by atoms with Gasteiger partial charge in [0.2, 0.25) is 0 Å². The van der Waals surface area contributed by atoms with E-state index in [2.05, 4.69) is 41.0 Å². The van der Waals surface area contributed by atoms with Crippen LogP contribution in [0.25, 0.3) is 0 Å². The predicted molar refractivity (Wildman–Crippen MR) is 115 cm³/mol. The van der Waals surface area contributed by atoms with Crippen LogP contribution in [-0.4, -0.2) is 55.7 Å². The third-order valence-corrected chi connectivity index (χ3v) is 5.52. The summed E-state index contributed by atoms with van der Waals surface area (Å²) in [5, 5.41) is 0. The number of para-hydroxylation sites is 1. The van der Waals surface area contributed by atoms with Crippen LogP contribution < -0.4 is 10.5 Å². The number of unbranched alkanes of at least 4 members (excludes halogenated alkanes) is 6. The summed E-state index contributed by atoms with van der Waals surface area (Å²) in [5.74, 6) is 1.08. The minimum atomic E-state index is 0.795. The molecule has 0 radical (unpaired) electrons. The van der Waals surface area contributed by atoms with E-state index in [0.29, 0.717) is 0 Å². The first-order chi connectivity index (χ1) is 13.3. The molecular formula is C23H41N3O. The van der Waals surface area contributed by atoms with Gasteiger partial charge in [0.25, 0.3) is 0 Å². The molecule has 27 heavy (non-hydrogen) atoms. The van der Waals surface area contributed by atoms with Crippen LogP contribution in [0.4, 0.5) is 0 Å². The fraction of sp³-hybridized carbons (Fsp3) is 0.739. The second-order valence-electron chi connectivity index (χ2n) is 7.84. The molecule has 154 valence electrons. The summed E-state index contributed by atoms with van der Waals surface area (Å²) in [6.45, 7) is 10.6. The molecule has 1 aromatic rings. The molecule has 0 aliphatic carbocycles. The summed E-state index contributed by atoms with van der Waals surface area (Å²) in [6.07, 6.45) is 10.4. The van der Waals surface area contributed by atoms with Crippen molar-refractivity contribution in [3.8, 4) is 5.75 Å². The summed E-state index contributed by atoms with van der Waals surface area (Å²) in [7, 11) is 0. The van der Waals surface area contributed by atoms with Crippen molar-refractivity contribution in [3.05, 3.63) is 29.8 Å². The smallest absolute Gasteiger partial charge is 0.123 e. The van der Waals surface area contributed by atoms with Crippen molar-refractivity contribution in [1.29, 1.82) is 0 Å². The molecule has 1 heterocycles. The van der Waals surface area contributed by atoms with Crippen LogP contribution in [0.3, 0.4) is 0 Å². The first kappa shape index (κ1) is 22.2. The van der Waals surface area contributed by atoms with Crippen LogP contribution in [0.1, 0.15) is 63.9 Å². The van der Waals surface area contributed by atoms with E-state index in [9.17, 15) is 0 Å². The Balaban J connectivity index is 1.66. The fourth-order valence-corrected chi connectivity index (χ4v) is 3.74. The lowest BCUT2D eigenvalue weighted by molar-refractivity contribution is 0.125. The van der Waals surface area contributed by atoms with Gasteiger partial charge in [0, 0.05) is 38.3 Å². The van der Waals surface area contributed by atoms with Gasteiger partial charge in [-0.25, -0.2) is 0 Å². The Morgan fingerprint density at radius 3 is 2.26 bits per heavy atom. The van der Waals surface area contributed by atoms with E-state index in [1.807, 2.05) is 0 Å². The van der Waals surface area contributed by atoms with Gasteiger partial charge in [-0.3, -0.25) is 4.90 Å². The molecule has 0 atom stereocenters. The van der Waals surface area contributed by atoms with Crippen LogP contribution in [0.5, 0.6) is 5.75 Å². The van der Waals surface area contributed by atoms with Gasteiger partial charge in [0.1, 0.15) is 5.75 Å². The van der Waals surface area contributed by atoms with Gasteiger partial charge < -0.3 is 15.4 Å². The van der Waals surface area contributed by atoms with Gasteiger partial charge in [0.05, 0.1) is 6.61 Å². The summed E-state index contributed by atoms with van der Waals surface area (Å²) in [4.78, 5) is 5.08. The maximum atomic E-state index is 6.13. The average molecular weight is 376 g/mol. The van der Waals surface area contributed by atoms with Gasteiger partial charge in [0.15, 0.2) is 0 Å². The highest BCUT2D eigenvalue weighted by Crippen LogP contribution is 2.21. The van der Waals surface area contributed by atoms with Crippen molar-refractivity contribution in [3.63, 3.8) is 0 Å². The second kappa shape index (κ2) is 14.0. The Morgan fingerprint density at radius 1 is 0.852 bits per heavy atom. The van der Waals surface area contributed by atoms with Gasteiger partial charge in [-0.15, -0.1) is 0 Å². The zero-order valence-corrected chi connectivity index (χ0v) is 17.5. The van der Waals surface area contributed by atoms with Crippen molar-refractivity contribution in [2.75, 3.05) is 45.9 Å². The Labute approximate surface area is 167 Å². The van der Waals surface area contributed by atoms with E-state index < -0.39 is 0 Å². The van der Waals surface area contributed by atoms with Crippen molar-refractivity contribution >= 4 is 0 Å². The van der Waals surface area contributed by atoms with Gasteiger partial charge in [-0.1, -0.05) is 63.6 Å². The molecular weight excluding hydrogens is 334 g/mol. The molecule has 1 aliphatic heterocycles. The molecule has 0 spiro atoms. The van der Waals surface area contributed by atoms with Crippen LogP contribution >= 0.6 is 0 Å². The normalized spacial score (nSPS) is 15.9. The van der Waals surface area contributed by atoms with Gasteiger partial charge >= 0.3 is 0 Å². The number of nitrogens with zero attached hydrogens (tertiary/aromatic N) is 2. The monoisotopic (exact) mass is 375 g/mol. The third-order valence-electron chi connectivity index (χ3n) is 5.52. The predicted octanol–water partition coefficient (Wildman–Crippen LogP) is 4.28. The first-order valence-corrected chi connectivity index (χ1v) is 11.2. The molecule has 2 rings (SSSR count). The summed E-state index contributed by atoms with van der Waals surface area (Å²) in [5.41, 5.74) is 6.96. The number of hydrogen-bond acceptors (Lipinski definition) is 4. The Hall–Kier alpha value is -1.10. The van der Waals surface area contributed by atoms with E-state index in [-0.39, 0.29) is 0 Å². The van der Waals surface area contributed by atoms with Gasteiger partial charge in [-0.05, 0) is 32.0 Å². The largest absolute Gasteiger partial charge is 0.493 e. The van der Waals surface area contributed by atoms with Crippen LogP contribution in [0.15, 0.2) is 24.3 Å². The quantitative estimate of drug-likeness (QED) is 0.493. The number of benzene rings is 1. The maximum absolute atomic E-state index is 6.13. The van der Waals surface area contributed by atoms with E-state index in [0.717, 1.165) is 64.6 Å². The Bertz CT molecular complexity index is 486. The lowest BCUT2D eigenvalue weighted by atomic mass is 10.1. The Kier molecular flexibility index (Phi) is 11.5. The molecule has 4 heteroatoms. The zero-order valence-electron chi connectivity index (χ0n) is 17.5. The minimum absolute atomic E-state index is 0.795. The number of ether oxygens (including phenoxy) is 1. The molecule has 1 fully saturated rings. The van der Waals surface area contributed by atoms with Crippen LogP contribution in [-0.2, 0) is 6.54 Å². The molecule has 1 aromatic carbocycles. The highest BCUT2D eigenvalue weighted by atomic mass is 16.5. The second-order valence-corrected chi connectivity index (χ2v) is 7.84. The molecule has 0 bridgehead atoms. The van der Waals surface area contributed by atoms with Crippen molar-refractivity contribution in [1.82, 2.24) is 9.80 Å². The molecule has 0 unspecified atom stereocenters. The van der Waals surface area contributed by atoms with E-state index in [4.69, 9.17) is 10.5 Å². The summed E-state index contributed by atoms with van der Waals surface area (Å²) >= 11 is 0. The lowest BCUT2D eigenvalue weighted by Crippen LogP contribution is -2.46. The van der Waals surface area contributed by atoms with E-state index >= 15 is 0 Å². The summed E-state index contributed by atoms with van der Waals surface area (Å²) in [6, 6.07) is 8.58. The van der Waals surface area contributed by atoms with Crippen molar-refractivity contribution in [2.24, 2.45) is 5.73 Å². The zero-order chi connectivity index (χ0) is 19.2. The highest BCUT2D eigenvalue weighted by Gasteiger charge is 2.17. The number of piperazine rings is 1. The van der Waals surface area contributed by atoms with Crippen molar-refractivity contribution in [2.45, 2.75) is 64.8 Å². The third kappa shape index (κ3) is 9.09. The summed E-state index contributed by atoms with van der Waals surface area (Å²) < 4.78 is 6.13. The number of rotatable bonds is 14.